The first-order chi connectivity index (χ1) is 14.5. The maximum Gasteiger partial charge on any atom is 0.253 e. The van der Waals surface area contributed by atoms with E-state index in [1.165, 1.54) is 4.31 Å². The van der Waals surface area contributed by atoms with Crippen molar-refractivity contribution >= 4 is 32.7 Å². The van der Waals surface area contributed by atoms with Crippen LogP contribution in [0.4, 0.5) is 5.69 Å². The van der Waals surface area contributed by atoms with Crippen LogP contribution in [-0.2, 0) is 10.0 Å². The summed E-state index contributed by atoms with van der Waals surface area (Å²) in [6, 6.07) is 14.6. The molecular formula is C22H23N3O4S. The molecule has 1 aromatic heterocycles. The van der Waals surface area contributed by atoms with Crippen LogP contribution in [0.15, 0.2) is 52.9 Å². The maximum absolute atomic E-state index is 12.9. The monoisotopic (exact) mass is 425 g/mol. The highest BCUT2D eigenvalue weighted by molar-refractivity contribution is 7.93. The summed E-state index contributed by atoms with van der Waals surface area (Å²) in [6.07, 6.45) is 2.25. The number of hydrogen-bond acceptors (Lipinski definition) is 5. The van der Waals surface area contributed by atoms with E-state index in [1.54, 1.807) is 24.3 Å². The second-order valence-corrected chi connectivity index (χ2v) is 9.89. The van der Waals surface area contributed by atoms with Crippen molar-refractivity contribution in [3.8, 4) is 0 Å². The van der Waals surface area contributed by atoms with Crippen molar-refractivity contribution in [2.45, 2.75) is 25.2 Å². The summed E-state index contributed by atoms with van der Waals surface area (Å²) in [5.74, 6) is 1.12. The van der Waals surface area contributed by atoms with Crippen LogP contribution >= 0.6 is 0 Å². The molecule has 2 fully saturated rings. The SMILES string of the molecule is O=C(c1ccc(N2CCCS2(=O)=O)cc1)N1CCC(c2nc3ccccc3o2)CC1. The van der Waals surface area contributed by atoms with Crippen LogP contribution in [-0.4, -0.2) is 49.6 Å². The largest absolute Gasteiger partial charge is 0.440 e. The van der Waals surface area contributed by atoms with E-state index in [1.807, 2.05) is 29.2 Å². The Morgan fingerprint density at radius 2 is 1.73 bits per heavy atom. The standard InChI is InChI=1S/C22H23N3O4S/c26-22(17-6-8-18(9-7-17)25-12-3-15-30(25,27)28)24-13-10-16(11-14-24)21-23-19-4-1-2-5-20(19)29-21/h1-2,4-9,16H,3,10-15H2. The van der Waals surface area contributed by atoms with Gasteiger partial charge in [-0.3, -0.25) is 9.10 Å². The number of oxazole rings is 1. The zero-order valence-electron chi connectivity index (χ0n) is 16.5. The summed E-state index contributed by atoms with van der Waals surface area (Å²) in [5.41, 5.74) is 2.87. The van der Waals surface area contributed by atoms with Crippen molar-refractivity contribution in [2.75, 3.05) is 29.7 Å². The van der Waals surface area contributed by atoms with Crippen molar-refractivity contribution < 1.29 is 17.6 Å². The second kappa shape index (κ2) is 7.43. The number of likely N-dealkylation sites (tertiary alicyclic amines) is 1. The van der Waals surface area contributed by atoms with Crippen molar-refractivity contribution in [2.24, 2.45) is 0 Å². The van der Waals surface area contributed by atoms with Gasteiger partial charge < -0.3 is 9.32 Å². The summed E-state index contributed by atoms with van der Waals surface area (Å²) in [6.45, 7) is 1.79. The van der Waals surface area contributed by atoms with Gasteiger partial charge in [0.25, 0.3) is 5.91 Å². The van der Waals surface area contributed by atoms with Gasteiger partial charge in [-0.2, -0.15) is 0 Å². The molecule has 0 aliphatic carbocycles. The van der Waals surface area contributed by atoms with Crippen LogP contribution in [0, 0.1) is 0 Å². The molecule has 5 rings (SSSR count). The highest BCUT2D eigenvalue weighted by atomic mass is 32.2. The Balaban J connectivity index is 1.24. The summed E-state index contributed by atoms with van der Waals surface area (Å²) in [5, 5.41) is 0. The number of benzene rings is 2. The average Bonchev–Trinajstić information content (AvgIpc) is 3.36. The van der Waals surface area contributed by atoms with Gasteiger partial charge in [0.1, 0.15) is 5.52 Å². The predicted octanol–water partition coefficient (Wildman–Crippen LogP) is 3.39. The number of sulfonamides is 1. The van der Waals surface area contributed by atoms with Gasteiger partial charge in [0.05, 0.1) is 11.4 Å². The number of aromatic nitrogens is 1. The molecule has 3 heterocycles. The van der Waals surface area contributed by atoms with Gasteiger partial charge >= 0.3 is 0 Å². The number of piperidine rings is 1. The number of amides is 1. The van der Waals surface area contributed by atoms with E-state index in [0.717, 1.165) is 29.8 Å². The first-order valence-corrected chi connectivity index (χ1v) is 11.9. The van der Waals surface area contributed by atoms with E-state index in [4.69, 9.17) is 4.42 Å². The first kappa shape index (κ1) is 19.1. The van der Waals surface area contributed by atoms with Gasteiger partial charge in [-0.05, 0) is 55.7 Å². The molecule has 2 aromatic carbocycles. The Kier molecular flexibility index (Phi) is 4.73. The van der Waals surface area contributed by atoms with Gasteiger partial charge in [-0.15, -0.1) is 0 Å². The van der Waals surface area contributed by atoms with Gasteiger partial charge in [0.15, 0.2) is 11.5 Å². The molecule has 1 amide bonds. The summed E-state index contributed by atoms with van der Waals surface area (Å²) >= 11 is 0. The Labute approximate surface area is 175 Å². The normalized spacial score (nSPS) is 19.5. The Morgan fingerprint density at radius 3 is 2.40 bits per heavy atom. The third kappa shape index (κ3) is 3.45. The number of anilines is 1. The molecular weight excluding hydrogens is 402 g/mol. The van der Waals surface area contributed by atoms with E-state index in [-0.39, 0.29) is 17.6 Å². The molecule has 156 valence electrons. The third-order valence-electron chi connectivity index (χ3n) is 5.94. The topological polar surface area (TPSA) is 83.7 Å². The fraction of sp³-hybridized carbons (Fsp3) is 0.364. The Hall–Kier alpha value is -2.87. The summed E-state index contributed by atoms with van der Waals surface area (Å²) in [4.78, 5) is 19.3. The molecule has 2 saturated heterocycles. The van der Waals surface area contributed by atoms with Crippen LogP contribution in [0.1, 0.15) is 41.4 Å². The fourth-order valence-corrected chi connectivity index (χ4v) is 5.84. The van der Waals surface area contributed by atoms with Crippen molar-refractivity contribution in [3.05, 3.63) is 60.0 Å². The zero-order valence-corrected chi connectivity index (χ0v) is 17.3. The highest BCUT2D eigenvalue weighted by Crippen LogP contribution is 2.31. The van der Waals surface area contributed by atoms with E-state index >= 15 is 0 Å². The van der Waals surface area contributed by atoms with Gasteiger partial charge in [-0.25, -0.2) is 13.4 Å². The highest BCUT2D eigenvalue weighted by Gasteiger charge is 2.30. The molecule has 0 bridgehead atoms. The number of rotatable bonds is 3. The number of nitrogens with zero attached hydrogens (tertiary/aromatic N) is 3. The second-order valence-electron chi connectivity index (χ2n) is 7.87. The van der Waals surface area contributed by atoms with Gasteiger partial charge in [0.2, 0.25) is 10.0 Å². The molecule has 3 aromatic rings. The van der Waals surface area contributed by atoms with Crippen LogP contribution < -0.4 is 4.31 Å². The van der Waals surface area contributed by atoms with E-state index in [0.29, 0.717) is 37.3 Å². The Morgan fingerprint density at radius 1 is 1.00 bits per heavy atom. The lowest BCUT2D eigenvalue weighted by Crippen LogP contribution is -2.38. The quantitative estimate of drug-likeness (QED) is 0.642. The number of hydrogen-bond donors (Lipinski definition) is 0. The zero-order chi connectivity index (χ0) is 20.7. The minimum absolute atomic E-state index is 0.0261. The average molecular weight is 426 g/mol. The van der Waals surface area contributed by atoms with Crippen molar-refractivity contribution in [1.29, 1.82) is 0 Å². The van der Waals surface area contributed by atoms with Gasteiger partial charge in [0, 0.05) is 31.1 Å². The molecule has 0 saturated carbocycles. The van der Waals surface area contributed by atoms with Crippen molar-refractivity contribution in [3.63, 3.8) is 0 Å². The predicted molar refractivity (Wildman–Crippen MR) is 114 cm³/mol. The Bertz CT molecular complexity index is 1150. The smallest absolute Gasteiger partial charge is 0.253 e. The van der Waals surface area contributed by atoms with E-state index in [9.17, 15) is 13.2 Å². The molecule has 2 aliphatic heterocycles. The number of para-hydroxylation sites is 2. The summed E-state index contributed by atoms with van der Waals surface area (Å²) in [7, 11) is -3.21. The third-order valence-corrected chi connectivity index (χ3v) is 7.81. The lowest BCUT2D eigenvalue weighted by molar-refractivity contribution is 0.0706. The molecule has 7 nitrogen and oxygen atoms in total. The number of fused-ring (bicyclic) bond motifs is 1. The molecule has 0 N–H and O–H groups in total. The van der Waals surface area contributed by atoms with Gasteiger partial charge in [-0.1, -0.05) is 12.1 Å². The van der Waals surface area contributed by atoms with Crippen molar-refractivity contribution in [1.82, 2.24) is 9.88 Å². The minimum Gasteiger partial charge on any atom is -0.440 e. The molecule has 30 heavy (non-hydrogen) atoms. The lowest BCUT2D eigenvalue weighted by Gasteiger charge is -2.30. The summed E-state index contributed by atoms with van der Waals surface area (Å²) < 4.78 is 31.5. The van der Waals surface area contributed by atoms with E-state index < -0.39 is 10.0 Å². The molecule has 2 aliphatic rings. The van der Waals surface area contributed by atoms with E-state index in [2.05, 4.69) is 4.98 Å². The minimum atomic E-state index is -3.21. The van der Waals surface area contributed by atoms with Crippen LogP contribution in [0.25, 0.3) is 11.1 Å². The van der Waals surface area contributed by atoms with Crippen LogP contribution in [0.2, 0.25) is 0 Å². The molecule has 0 unspecified atom stereocenters. The van der Waals surface area contributed by atoms with Crippen LogP contribution in [0.3, 0.4) is 0 Å². The maximum atomic E-state index is 12.9. The number of carbonyl (C=O) groups is 1. The molecule has 0 radical (unpaired) electrons. The number of carbonyl (C=O) groups excluding carboxylic acids is 1. The first-order valence-electron chi connectivity index (χ1n) is 10.3. The molecule has 0 atom stereocenters. The lowest BCUT2D eigenvalue weighted by atomic mass is 9.96. The fourth-order valence-electron chi connectivity index (χ4n) is 4.28. The van der Waals surface area contributed by atoms with Crippen LogP contribution in [0.5, 0.6) is 0 Å². The molecule has 8 heteroatoms. The molecule has 0 spiro atoms.